The molecule has 1 aliphatic heterocycles. The Morgan fingerprint density at radius 1 is 1.19 bits per heavy atom. The number of ether oxygens (including phenoxy) is 2. The molecule has 1 heterocycles. The number of halogens is 1. The van der Waals surface area contributed by atoms with E-state index >= 15 is 0 Å². The predicted molar refractivity (Wildman–Crippen MR) is 122 cm³/mol. The van der Waals surface area contributed by atoms with Gasteiger partial charge in [0.2, 0.25) is 5.91 Å². The summed E-state index contributed by atoms with van der Waals surface area (Å²) in [6.45, 7) is 3.41. The summed E-state index contributed by atoms with van der Waals surface area (Å²) in [4.78, 5) is 38.4. The van der Waals surface area contributed by atoms with Crippen LogP contribution in [0, 0.1) is 0 Å². The number of imide groups is 1. The number of nitrogens with zero attached hydrogens (tertiary/aromatic N) is 1. The Morgan fingerprint density at radius 3 is 2.52 bits per heavy atom. The average Bonchev–Trinajstić information content (AvgIpc) is 2.97. The van der Waals surface area contributed by atoms with Crippen LogP contribution in [0.25, 0.3) is 6.08 Å². The molecule has 2 aromatic rings. The van der Waals surface area contributed by atoms with Crippen LogP contribution < -0.4 is 14.8 Å². The van der Waals surface area contributed by atoms with Gasteiger partial charge in [-0.25, -0.2) is 0 Å². The number of nitrogens with one attached hydrogen (secondary N) is 1. The highest BCUT2D eigenvalue weighted by atomic mass is 35.5. The first-order chi connectivity index (χ1) is 14.8. The summed E-state index contributed by atoms with van der Waals surface area (Å²) in [6.07, 6.45) is 1.54. The van der Waals surface area contributed by atoms with Gasteiger partial charge in [-0.1, -0.05) is 17.7 Å². The van der Waals surface area contributed by atoms with Gasteiger partial charge >= 0.3 is 0 Å². The molecule has 9 heteroatoms. The largest absolute Gasteiger partial charge is 0.497 e. The molecular weight excluding hydrogens is 440 g/mol. The zero-order valence-electron chi connectivity index (χ0n) is 17.2. The van der Waals surface area contributed by atoms with Crippen LogP contribution in [-0.4, -0.2) is 41.7 Å². The summed E-state index contributed by atoms with van der Waals surface area (Å²) >= 11 is 7.01. The van der Waals surface area contributed by atoms with Crippen LogP contribution in [0.15, 0.2) is 47.4 Å². The lowest BCUT2D eigenvalue weighted by molar-refractivity contribution is -0.127. The first kappa shape index (κ1) is 22.7. The maximum atomic E-state index is 12.7. The summed E-state index contributed by atoms with van der Waals surface area (Å²) in [5.74, 6) is 0.181. The van der Waals surface area contributed by atoms with E-state index < -0.39 is 17.1 Å². The molecule has 1 N–H and O–H groups in total. The van der Waals surface area contributed by atoms with Crippen molar-refractivity contribution in [1.29, 1.82) is 0 Å². The summed E-state index contributed by atoms with van der Waals surface area (Å²) < 4.78 is 10.7. The Kier molecular flexibility index (Phi) is 7.25. The molecule has 3 amide bonds. The fourth-order valence-corrected chi connectivity index (χ4v) is 3.83. The van der Waals surface area contributed by atoms with Crippen molar-refractivity contribution in [3.05, 3.63) is 58.0 Å². The van der Waals surface area contributed by atoms with Gasteiger partial charge in [-0.3, -0.25) is 19.3 Å². The minimum absolute atomic E-state index is 0.0242. The molecule has 0 saturated carbocycles. The zero-order valence-corrected chi connectivity index (χ0v) is 18.8. The molecule has 2 aromatic carbocycles. The summed E-state index contributed by atoms with van der Waals surface area (Å²) in [6, 6.07) is 11.8. The van der Waals surface area contributed by atoms with Gasteiger partial charge in [-0.2, -0.15) is 0 Å². The number of amides is 3. The molecule has 1 aliphatic rings. The van der Waals surface area contributed by atoms with Gasteiger partial charge < -0.3 is 14.8 Å². The molecule has 0 aliphatic carbocycles. The van der Waals surface area contributed by atoms with Crippen LogP contribution in [0.4, 0.5) is 10.5 Å². The van der Waals surface area contributed by atoms with E-state index in [0.717, 1.165) is 16.7 Å². The van der Waals surface area contributed by atoms with Crippen molar-refractivity contribution < 1.29 is 23.9 Å². The number of benzene rings is 2. The molecule has 31 heavy (non-hydrogen) atoms. The third-order valence-electron chi connectivity index (χ3n) is 4.17. The first-order valence-corrected chi connectivity index (χ1v) is 10.6. The van der Waals surface area contributed by atoms with Crippen molar-refractivity contribution in [3.8, 4) is 11.5 Å². The lowest BCUT2D eigenvalue weighted by atomic mass is 10.2. The Hall–Kier alpha value is -2.97. The lowest BCUT2D eigenvalue weighted by Crippen LogP contribution is -2.36. The van der Waals surface area contributed by atoms with Crippen LogP contribution >= 0.6 is 23.4 Å². The van der Waals surface area contributed by atoms with Gasteiger partial charge in [0.15, 0.2) is 0 Å². The van der Waals surface area contributed by atoms with E-state index in [1.807, 2.05) is 13.8 Å². The van der Waals surface area contributed by atoms with Gasteiger partial charge in [0.1, 0.15) is 18.0 Å². The van der Waals surface area contributed by atoms with Crippen LogP contribution in [0.1, 0.15) is 19.4 Å². The van der Waals surface area contributed by atoms with Crippen molar-refractivity contribution >= 4 is 52.2 Å². The molecule has 1 saturated heterocycles. The van der Waals surface area contributed by atoms with Crippen LogP contribution in [0.5, 0.6) is 11.5 Å². The van der Waals surface area contributed by atoms with Gasteiger partial charge in [0, 0.05) is 5.69 Å². The minimum Gasteiger partial charge on any atom is -0.497 e. The number of carbonyl (C=O) groups excluding carboxylic acids is 3. The first-order valence-electron chi connectivity index (χ1n) is 9.42. The van der Waals surface area contributed by atoms with Gasteiger partial charge in [-0.05, 0) is 73.6 Å². The fraction of sp³-hybridized carbons (Fsp3) is 0.227. The maximum absolute atomic E-state index is 12.7. The topological polar surface area (TPSA) is 84.9 Å². The minimum atomic E-state index is -0.529. The number of methoxy groups -OCH3 is 1. The molecule has 0 bridgehead atoms. The molecule has 3 rings (SSSR count). The average molecular weight is 461 g/mol. The fourth-order valence-electron chi connectivity index (χ4n) is 2.76. The standard InChI is InChI=1S/C22H21ClN2O5S/c1-13(2)30-18-9-4-14(10-17(18)23)11-19-21(27)25(22(28)31-19)12-20(26)24-15-5-7-16(29-3)8-6-15/h4-11,13H,12H2,1-3H3,(H,24,26)/b19-11+. The van der Waals surface area contributed by atoms with E-state index in [1.165, 1.54) is 0 Å². The van der Waals surface area contributed by atoms with Crippen molar-refractivity contribution in [3.63, 3.8) is 0 Å². The molecule has 0 unspecified atom stereocenters. The van der Waals surface area contributed by atoms with E-state index in [1.54, 1.807) is 55.7 Å². The summed E-state index contributed by atoms with van der Waals surface area (Å²) in [7, 11) is 1.54. The molecule has 1 fully saturated rings. The van der Waals surface area contributed by atoms with Crippen LogP contribution in [0.2, 0.25) is 5.02 Å². The van der Waals surface area contributed by atoms with E-state index in [0.29, 0.717) is 27.8 Å². The van der Waals surface area contributed by atoms with Crippen molar-refractivity contribution in [2.45, 2.75) is 20.0 Å². The van der Waals surface area contributed by atoms with Crippen molar-refractivity contribution in [2.24, 2.45) is 0 Å². The zero-order chi connectivity index (χ0) is 22.5. The predicted octanol–water partition coefficient (Wildman–Crippen LogP) is 4.81. The SMILES string of the molecule is COc1ccc(NC(=O)CN2C(=O)S/C(=C/c3ccc(OC(C)C)c(Cl)c3)C2=O)cc1. The monoisotopic (exact) mass is 460 g/mol. The smallest absolute Gasteiger partial charge is 0.294 e. The molecule has 0 atom stereocenters. The Balaban J connectivity index is 1.67. The summed E-state index contributed by atoms with van der Waals surface area (Å²) in [5.41, 5.74) is 1.18. The highest BCUT2D eigenvalue weighted by Crippen LogP contribution is 2.34. The molecular formula is C22H21ClN2O5S. The van der Waals surface area contributed by atoms with E-state index in [9.17, 15) is 14.4 Å². The second kappa shape index (κ2) is 9.89. The number of hydrogen-bond donors (Lipinski definition) is 1. The van der Waals surface area contributed by atoms with Crippen LogP contribution in [-0.2, 0) is 9.59 Å². The number of thioether (sulfide) groups is 1. The molecule has 7 nitrogen and oxygen atoms in total. The highest BCUT2D eigenvalue weighted by Gasteiger charge is 2.36. The van der Waals surface area contributed by atoms with Crippen molar-refractivity contribution in [1.82, 2.24) is 4.90 Å². The highest BCUT2D eigenvalue weighted by molar-refractivity contribution is 8.18. The lowest BCUT2D eigenvalue weighted by Gasteiger charge is -2.13. The molecule has 0 aromatic heterocycles. The van der Waals surface area contributed by atoms with Gasteiger partial charge in [-0.15, -0.1) is 0 Å². The van der Waals surface area contributed by atoms with E-state index in [2.05, 4.69) is 5.32 Å². The summed E-state index contributed by atoms with van der Waals surface area (Å²) in [5, 5.41) is 2.55. The molecule has 0 spiro atoms. The number of carbonyl (C=O) groups is 3. The maximum Gasteiger partial charge on any atom is 0.294 e. The van der Waals surface area contributed by atoms with Crippen LogP contribution in [0.3, 0.4) is 0 Å². The normalized spacial score (nSPS) is 15.0. The second-order valence-corrected chi connectivity index (χ2v) is 8.30. The third kappa shape index (κ3) is 5.80. The number of rotatable bonds is 7. The Morgan fingerprint density at radius 2 is 1.90 bits per heavy atom. The third-order valence-corrected chi connectivity index (χ3v) is 5.37. The van der Waals surface area contributed by atoms with Gasteiger partial charge in [0.25, 0.3) is 11.1 Å². The number of anilines is 1. The molecule has 162 valence electrons. The van der Waals surface area contributed by atoms with E-state index in [4.69, 9.17) is 21.1 Å². The van der Waals surface area contributed by atoms with E-state index in [-0.39, 0.29) is 17.6 Å². The molecule has 0 radical (unpaired) electrons. The Bertz CT molecular complexity index is 1040. The van der Waals surface area contributed by atoms with Crippen molar-refractivity contribution in [2.75, 3.05) is 19.0 Å². The quantitative estimate of drug-likeness (QED) is 0.597. The second-order valence-electron chi connectivity index (χ2n) is 6.90. The number of hydrogen-bond acceptors (Lipinski definition) is 6. The Labute approximate surface area is 189 Å². The van der Waals surface area contributed by atoms with Gasteiger partial charge in [0.05, 0.1) is 23.1 Å².